The molecule has 31 heavy (non-hydrogen) atoms. The number of amides is 1. The van der Waals surface area contributed by atoms with Crippen molar-refractivity contribution in [1.82, 2.24) is 4.57 Å². The van der Waals surface area contributed by atoms with Crippen LogP contribution in [0.15, 0.2) is 74.9 Å². The van der Waals surface area contributed by atoms with E-state index in [-0.39, 0.29) is 5.56 Å². The Hall–Kier alpha value is -3.71. The zero-order valence-electron chi connectivity index (χ0n) is 16.9. The number of nitrogens with zero attached hydrogens (tertiary/aromatic N) is 2. The van der Waals surface area contributed by atoms with Crippen LogP contribution in [0, 0.1) is 0 Å². The number of aryl methyl sites for hydroxylation is 1. The third-order valence-corrected chi connectivity index (χ3v) is 6.31. The number of thiazole rings is 1. The standard InChI is InChI=1S/C24H18N2O4S/c1-3-26-21-19(29-2)9-6-10-20(21)31-24(26)25-22(27)17-13-16-15-8-5-4-7-14(15)11-12-18(16)30-23(17)28/h4-13H,3H2,1-2H3. The van der Waals surface area contributed by atoms with Crippen LogP contribution in [0.4, 0.5) is 0 Å². The number of hydrogen-bond donors (Lipinski definition) is 0. The summed E-state index contributed by atoms with van der Waals surface area (Å²) >= 11 is 1.38. The van der Waals surface area contributed by atoms with E-state index in [1.165, 1.54) is 11.3 Å². The van der Waals surface area contributed by atoms with Crippen molar-refractivity contribution in [3.05, 3.63) is 81.4 Å². The lowest BCUT2D eigenvalue weighted by atomic mass is 10.0. The fourth-order valence-corrected chi connectivity index (χ4v) is 4.92. The van der Waals surface area contributed by atoms with E-state index in [4.69, 9.17) is 9.15 Å². The van der Waals surface area contributed by atoms with Crippen LogP contribution < -0.4 is 15.2 Å². The van der Waals surface area contributed by atoms with Gasteiger partial charge in [0.15, 0.2) is 4.80 Å². The lowest BCUT2D eigenvalue weighted by molar-refractivity contribution is 0.0994. The zero-order valence-corrected chi connectivity index (χ0v) is 17.7. The molecule has 2 heterocycles. The van der Waals surface area contributed by atoms with Gasteiger partial charge >= 0.3 is 5.63 Å². The summed E-state index contributed by atoms with van der Waals surface area (Å²) in [5, 5.41) is 2.62. The van der Waals surface area contributed by atoms with Crippen LogP contribution in [-0.4, -0.2) is 17.6 Å². The Labute approximate surface area is 180 Å². The van der Waals surface area contributed by atoms with Gasteiger partial charge in [-0.05, 0) is 42.0 Å². The number of carbonyl (C=O) groups excluding carboxylic acids is 1. The molecule has 2 aromatic heterocycles. The maximum atomic E-state index is 13.0. The summed E-state index contributed by atoms with van der Waals surface area (Å²) in [4.78, 5) is 30.4. The maximum Gasteiger partial charge on any atom is 0.349 e. The molecule has 0 spiro atoms. The molecule has 5 rings (SSSR count). The lowest BCUT2D eigenvalue weighted by Crippen LogP contribution is -2.19. The van der Waals surface area contributed by atoms with E-state index in [1.54, 1.807) is 19.2 Å². The maximum absolute atomic E-state index is 13.0. The van der Waals surface area contributed by atoms with Crippen molar-refractivity contribution in [2.75, 3.05) is 7.11 Å². The molecule has 0 unspecified atom stereocenters. The van der Waals surface area contributed by atoms with E-state index in [9.17, 15) is 9.59 Å². The van der Waals surface area contributed by atoms with Gasteiger partial charge in [0.2, 0.25) is 0 Å². The van der Waals surface area contributed by atoms with Gasteiger partial charge in [0.05, 0.1) is 11.8 Å². The molecule has 0 aliphatic carbocycles. The van der Waals surface area contributed by atoms with Gasteiger partial charge in [-0.15, -0.1) is 0 Å². The summed E-state index contributed by atoms with van der Waals surface area (Å²) in [5.74, 6) is 0.0810. The molecule has 0 saturated carbocycles. The van der Waals surface area contributed by atoms with Crippen LogP contribution in [0.1, 0.15) is 17.3 Å². The molecule has 3 aromatic carbocycles. The Bertz CT molecular complexity index is 1610. The quantitative estimate of drug-likeness (QED) is 0.306. The summed E-state index contributed by atoms with van der Waals surface area (Å²) in [5.41, 5.74) is 0.533. The number of rotatable bonds is 3. The minimum atomic E-state index is -0.696. The molecule has 6 nitrogen and oxygen atoms in total. The average Bonchev–Trinajstić information content (AvgIpc) is 3.15. The molecule has 5 aromatic rings. The van der Waals surface area contributed by atoms with Crippen LogP contribution >= 0.6 is 11.3 Å². The first kappa shape index (κ1) is 19.3. The van der Waals surface area contributed by atoms with Crippen molar-refractivity contribution in [2.24, 2.45) is 4.99 Å². The fourth-order valence-electron chi connectivity index (χ4n) is 3.81. The van der Waals surface area contributed by atoms with Crippen LogP contribution in [0.5, 0.6) is 5.75 Å². The highest BCUT2D eigenvalue weighted by molar-refractivity contribution is 7.16. The molecule has 0 bridgehead atoms. The van der Waals surface area contributed by atoms with Crippen molar-refractivity contribution in [3.8, 4) is 5.75 Å². The van der Waals surface area contributed by atoms with Crippen molar-refractivity contribution < 1.29 is 13.9 Å². The van der Waals surface area contributed by atoms with E-state index >= 15 is 0 Å². The molecule has 0 atom stereocenters. The van der Waals surface area contributed by atoms with Gasteiger partial charge in [0.25, 0.3) is 5.91 Å². The molecule has 1 amide bonds. The monoisotopic (exact) mass is 430 g/mol. The Morgan fingerprint density at radius 1 is 1.10 bits per heavy atom. The summed E-state index contributed by atoms with van der Waals surface area (Å²) in [6, 6.07) is 18.7. The SMILES string of the molecule is CCn1c(=NC(=O)c2cc3c(ccc4ccccc43)oc2=O)sc2cccc(OC)c21. The van der Waals surface area contributed by atoms with Crippen molar-refractivity contribution in [3.63, 3.8) is 0 Å². The van der Waals surface area contributed by atoms with Gasteiger partial charge in [-0.1, -0.05) is 47.7 Å². The first-order valence-electron chi connectivity index (χ1n) is 9.81. The molecule has 0 aliphatic rings. The molecule has 154 valence electrons. The molecule has 7 heteroatoms. The molecular formula is C24H18N2O4S. The number of benzene rings is 3. The molecule has 0 N–H and O–H groups in total. The minimum Gasteiger partial charge on any atom is -0.495 e. The van der Waals surface area contributed by atoms with Crippen LogP contribution in [-0.2, 0) is 6.54 Å². The lowest BCUT2D eigenvalue weighted by Gasteiger charge is -2.06. The second kappa shape index (κ2) is 7.52. The minimum absolute atomic E-state index is 0.0871. The van der Waals surface area contributed by atoms with E-state index in [0.717, 1.165) is 21.0 Å². The summed E-state index contributed by atoms with van der Waals surface area (Å²) < 4.78 is 13.8. The second-order valence-corrected chi connectivity index (χ2v) is 8.01. The first-order valence-corrected chi connectivity index (χ1v) is 10.6. The molecule has 0 fully saturated rings. The molecular weight excluding hydrogens is 412 g/mol. The number of aromatic nitrogens is 1. The van der Waals surface area contributed by atoms with Gasteiger partial charge < -0.3 is 13.7 Å². The van der Waals surface area contributed by atoms with Crippen molar-refractivity contribution in [1.29, 1.82) is 0 Å². The van der Waals surface area contributed by atoms with Crippen molar-refractivity contribution >= 4 is 49.2 Å². The molecule has 0 radical (unpaired) electrons. The van der Waals surface area contributed by atoms with Gasteiger partial charge in [0.1, 0.15) is 22.4 Å². The molecule has 0 saturated heterocycles. The Balaban J connectivity index is 1.72. The van der Waals surface area contributed by atoms with Crippen LogP contribution in [0.3, 0.4) is 0 Å². The summed E-state index contributed by atoms with van der Waals surface area (Å²) in [7, 11) is 1.61. The highest BCUT2D eigenvalue weighted by Gasteiger charge is 2.16. The third-order valence-electron chi connectivity index (χ3n) is 5.27. The number of para-hydroxylation sites is 1. The number of methoxy groups -OCH3 is 1. The number of carbonyl (C=O) groups is 1. The average molecular weight is 430 g/mol. The number of hydrogen-bond acceptors (Lipinski definition) is 5. The van der Waals surface area contributed by atoms with E-state index in [2.05, 4.69) is 4.99 Å². The van der Waals surface area contributed by atoms with Gasteiger partial charge in [-0.2, -0.15) is 4.99 Å². The smallest absolute Gasteiger partial charge is 0.349 e. The van der Waals surface area contributed by atoms with Crippen LogP contribution in [0.2, 0.25) is 0 Å². The Kier molecular flexibility index (Phi) is 4.67. The van der Waals surface area contributed by atoms with Crippen molar-refractivity contribution in [2.45, 2.75) is 13.5 Å². The molecule has 0 aliphatic heterocycles. The zero-order chi connectivity index (χ0) is 21.5. The predicted molar refractivity (Wildman–Crippen MR) is 122 cm³/mol. The Morgan fingerprint density at radius 3 is 2.74 bits per heavy atom. The number of ether oxygens (including phenoxy) is 1. The summed E-state index contributed by atoms with van der Waals surface area (Å²) in [6.45, 7) is 2.57. The third kappa shape index (κ3) is 3.14. The van der Waals surface area contributed by atoms with E-state index < -0.39 is 11.5 Å². The highest BCUT2D eigenvalue weighted by atomic mass is 32.1. The van der Waals surface area contributed by atoms with Gasteiger partial charge in [-0.3, -0.25) is 4.79 Å². The topological polar surface area (TPSA) is 73.8 Å². The normalized spacial score (nSPS) is 12.1. The van der Waals surface area contributed by atoms with E-state index in [0.29, 0.717) is 28.1 Å². The van der Waals surface area contributed by atoms with Gasteiger partial charge in [0, 0.05) is 11.9 Å². The highest BCUT2D eigenvalue weighted by Crippen LogP contribution is 2.28. The fraction of sp³-hybridized carbons (Fsp3) is 0.125. The predicted octanol–water partition coefficient (Wildman–Crippen LogP) is 4.73. The first-order chi connectivity index (χ1) is 15.1. The number of fused-ring (bicyclic) bond motifs is 4. The largest absolute Gasteiger partial charge is 0.495 e. The Morgan fingerprint density at radius 2 is 1.94 bits per heavy atom. The van der Waals surface area contributed by atoms with E-state index in [1.807, 2.05) is 60.0 Å². The second-order valence-electron chi connectivity index (χ2n) is 7.00. The van der Waals surface area contributed by atoms with Crippen LogP contribution in [0.25, 0.3) is 32.0 Å². The summed E-state index contributed by atoms with van der Waals surface area (Å²) in [6.07, 6.45) is 0. The van der Waals surface area contributed by atoms with Gasteiger partial charge in [-0.25, -0.2) is 4.79 Å².